The number of rotatable bonds is 9. The maximum absolute atomic E-state index is 10.1. The minimum atomic E-state index is -1.25. The number of hydrogen-bond acceptors (Lipinski definition) is 4. The van der Waals surface area contributed by atoms with Crippen molar-refractivity contribution in [1.29, 1.82) is 0 Å². The van der Waals surface area contributed by atoms with Crippen LogP contribution in [0.4, 0.5) is 0 Å². The van der Waals surface area contributed by atoms with Crippen LogP contribution < -0.4 is 22.3 Å². The van der Waals surface area contributed by atoms with E-state index in [0.717, 1.165) is 0 Å². The quantitative estimate of drug-likeness (QED) is 0.218. The van der Waals surface area contributed by atoms with E-state index in [0.29, 0.717) is 19.4 Å². The summed E-state index contributed by atoms with van der Waals surface area (Å²) in [7, 11) is 0. The van der Waals surface area contributed by atoms with Crippen molar-refractivity contribution in [3.8, 4) is 0 Å². The Labute approximate surface area is 128 Å². The van der Waals surface area contributed by atoms with Gasteiger partial charge in [0.1, 0.15) is 0 Å². The van der Waals surface area contributed by atoms with Gasteiger partial charge in [-0.2, -0.15) is 0 Å². The zero-order valence-corrected chi connectivity index (χ0v) is 14.0. The Morgan fingerprint density at radius 2 is 1.52 bits per heavy atom. The molecule has 0 saturated carbocycles. The lowest BCUT2D eigenvalue weighted by molar-refractivity contribution is -0.921. The van der Waals surface area contributed by atoms with Crippen LogP contribution in [0.25, 0.3) is 0 Å². The molecule has 0 saturated heterocycles. The highest BCUT2D eigenvalue weighted by Crippen LogP contribution is 2.03. The van der Waals surface area contributed by atoms with Crippen LogP contribution >= 0.6 is 0 Å². The molecular formula is C14H33N5O2. The molecule has 6 N–H and O–H groups in total. The van der Waals surface area contributed by atoms with Crippen molar-refractivity contribution in [3.63, 3.8) is 0 Å². The van der Waals surface area contributed by atoms with E-state index in [-0.39, 0.29) is 5.96 Å². The normalized spacial score (nSPS) is 12.0. The van der Waals surface area contributed by atoms with E-state index in [9.17, 15) is 9.90 Å². The van der Waals surface area contributed by atoms with Crippen molar-refractivity contribution in [2.45, 2.75) is 46.6 Å². The number of hydrogen-bond donors (Lipinski definition) is 3. The summed E-state index contributed by atoms with van der Waals surface area (Å²) in [4.78, 5) is 13.8. The number of aliphatic imine (C=N–C) groups is 1. The molecule has 0 unspecified atom stereocenters. The van der Waals surface area contributed by atoms with Crippen LogP contribution in [-0.4, -0.2) is 55.2 Å². The van der Waals surface area contributed by atoms with Crippen LogP contribution in [0.1, 0.15) is 40.5 Å². The Hall–Kier alpha value is -1.34. The van der Waals surface area contributed by atoms with Gasteiger partial charge in [-0.1, -0.05) is 0 Å². The Morgan fingerprint density at radius 3 is 1.76 bits per heavy atom. The Morgan fingerprint density at radius 1 is 1.10 bits per heavy atom. The number of quaternary nitrogens is 1. The fourth-order valence-corrected chi connectivity index (χ4v) is 1.98. The van der Waals surface area contributed by atoms with Gasteiger partial charge in [-0.05, 0) is 40.5 Å². The van der Waals surface area contributed by atoms with Crippen LogP contribution in [0.5, 0.6) is 0 Å². The van der Waals surface area contributed by atoms with Crippen molar-refractivity contribution >= 4 is 11.9 Å². The molecule has 7 nitrogen and oxygen atoms in total. The van der Waals surface area contributed by atoms with E-state index in [2.05, 4.69) is 32.7 Å². The number of nitrogens with zero attached hydrogens (tertiary/aromatic N) is 2. The van der Waals surface area contributed by atoms with Crippen LogP contribution in [0.15, 0.2) is 4.99 Å². The number of nitrogens with two attached hydrogens (primary N) is 3. The molecular weight excluding hydrogens is 270 g/mol. The summed E-state index contributed by atoms with van der Waals surface area (Å²) in [5, 5.41) is 10.1. The fourth-order valence-electron chi connectivity index (χ4n) is 1.98. The largest absolute Gasteiger partial charge is 0.548 e. The van der Waals surface area contributed by atoms with Gasteiger partial charge in [-0.3, -0.25) is 4.99 Å². The van der Waals surface area contributed by atoms with E-state index in [1.165, 1.54) is 30.7 Å². The van der Waals surface area contributed by atoms with E-state index >= 15 is 0 Å². The van der Waals surface area contributed by atoms with Crippen molar-refractivity contribution < 1.29 is 14.4 Å². The van der Waals surface area contributed by atoms with Gasteiger partial charge >= 0.3 is 0 Å². The van der Waals surface area contributed by atoms with Crippen molar-refractivity contribution in [1.82, 2.24) is 0 Å². The first-order chi connectivity index (χ1) is 9.78. The molecule has 1 atom stereocenters. The summed E-state index contributed by atoms with van der Waals surface area (Å²) >= 11 is 0. The summed E-state index contributed by atoms with van der Waals surface area (Å²) in [6.07, 6.45) is 0.853. The first kappa shape index (κ1) is 21.9. The van der Waals surface area contributed by atoms with Crippen LogP contribution in [0.2, 0.25) is 0 Å². The van der Waals surface area contributed by atoms with Crippen molar-refractivity contribution in [2.75, 3.05) is 32.7 Å². The number of carboxylic acids is 1. The number of aliphatic carboxylic acids is 1. The Kier molecular flexibility index (Phi) is 13.0. The van der Waals surface area contributed by atoms with Gasteiger partial charge in [0.25, 0.3) is 0 Å². The predicted molar refractivity (Wildman–Crippen MR) is 85.3 cm³/mol. The fraction of sp³-hybridized carbons (Fsp3) is 0.857. The van der Waals surface area contributed by atoms with E-state index in [1.807, 2.05) is 0 Å². The maximum Gasteiger partial charge on any atom is 0.185 e. The third kappa shape index (κ3) is 11.0. The van der Waals surface area contributed by atoms with Crippen molar-refractivity contribution in [3.05, 3.63) is 0 Å². The van der Waals surface area contributed by atoms with E-state index < -0.39 is 12.0 Å². The first-order valence-electron chi connectivity index (χ1n) is 7.65. The van der Waals surface area contributed by atoms with Gasteiger partial charge < -0.3 is 31.6 Å². The second-order valence-corrected chi connectivity index (χ2v) is 4.98. The highest BCUT2D eigenvalue weighted by molar-refractivity contribution is 5.75. The minimum absolute atomic E-state index is 0.00276. The molecule has 7 heteroatoms. The molecule has 0 spiro atoms. The summed E-state index contributed by atoms with van der Waals surface area (Å²) in [6.45, 7) is 14.6. The number of carboxylic acid groups (broad SMARTS) is 1. The zero-order valence-electron chi connectivity index (χ0n) is 14.0. The molecule has 0 rings (SSSR count). The molecule has 0 heterocycles. The van der Waals surface area contributed by atoms with Gasteiger partial charge in [0.15, 0.2) is 5.96 Å². The molecule has 0 fully saturated rings. The zero-order chi connectivity index (χ0) is 16.9. The molecule has 21 heavy (non-hydrogen) atoms. The SMILES string of the molecule is CC[N+](CC)(CC)CC.NC(N)=NCCC[C@H](N)C(=O)[O-]. The monoisotopic (exact) mass is 303 g/mol. The summed E-state index contributed by atoms with van der Waals surface area (Å²) in [5.41, 5.74) is 15.2. The third-order valence-electron chi connectivity index (χ3n) is 3.95. The standard InChI is InChI=1S/C8H20N.C6H14N4O2/c1-5-9(6-2,7-3)8-4;7-4(5(11)12)2-1-3-10-6(8)9/h5-8H2,1-4H3;4H,1-3,7H2,(H,11,12)(H4,8,9,10)/q+1;/p-1/t;4-/m.0/s1. The summed E-state index contributed by atoms with van der Waals surface area (Å²) in [5.74, 6) is -1.25. The highest BCUT2D eigenvalue weighted by Gasteiger charge is 2.16. The molecule has 0 bridgehead atoms. The summed E-state index contributed by atoms with van der Waals surface area (Å²) < 4.78 is 1.28. The molecule has 0 aromatic carbocycles. The van der Waals surface area contributed by atoms with Gasteiger partial charge in [0, 0.05) is 12.6 Å². The van der Waals surface area contributed by atoms with Crippen LogP contribution in [0, 0.1) is 0 Å². The van der Waals surface area contributed by atoms with E-state index in [4.69, 9.17) is 17.2 Å². The van der Waals surface area contributed by atoms with E-state index in [1.54, 1.807) is 0 Å². The highest BCUT2D eigenvalue weighted by atomic mass is 16.4. The molecule has 0 aliphatic heterocycles. The topological polar surface area (TPSA) is 131 Å². The first-order valence-corrected chi connectivity index (χ1v) is 7.65. The van der Waals surface area contributed by atoms with Crippen LogP contribution in [-0.2, 0) is 4.79 Å². The lowest BCUT2D eigenvalue weighted by atomic mass is 10.2. The lowest BCUT2D eigenvalue weighted by Crippen LogP contribution is -2.47. The minimum Gasteiger partial charge on any atom is -0.548 e. The lowest BCUT2D eigenvalue weighted by Gasteiger charge is -2.34. The van der Waals surface area contributed by atoms with Gasteiger partial charge in [-0.15, -0.1) is 0 Å². The molecule has 0 aliphatic rings. The number of carbonyl (C=O) groups is 1. The van der Waals surface area contributed by atoms with Gasteiger partial charge in [0.05, 0.1) is 32.1 Å². The van der Waals surface area contributed by atoms with Crippen LogP contribution in [0.3, 0.4) is 0 Å². The smallest absolute Gasteiger partial charge is 0.185 e. The maximum atomic E-state index is 10.1. The molecule has 0 amide bonds. The van der Waals surface area contributed by atoms with Gasteiger partial charge in [-0.25, -0.2) is 0 Å². The molecule has 0 aromatic heterocycles. The van der Waals surface area contributed by atoms with Crippen molar-refractivity contribution in [2.24, 2.45) is 22.2 Å². The molecule has 0 aliphatic carbocycles. The third-order valence-corrected chi connectivity index (χ3v) is 3.95. The molecule has 126 valence electrons. The Balaban J connectivity index is 0. The Bertz CT molecular complexity index is 282. The second kappa shape index (κ2) is 12.4. The molecule has 0 aromatic rings. The number of guanidine groups is 1. The van der Waals surface area contributed by atoms with Gasteiger partial charge in [0.2, 0.25) is 0 Å². The second-order valence-electron chi connectivity index (χ2n) is 4.98. The number of carbonyl (C=O) groups excluding carboxylic acids is 1. The average molecular weight is 303 g/mol. The predicted octanol–water partition coefficient (Wildman–Crippen LogP) is -1.000. The summed E-state index contributed by atoms with van der Waals surface area (Å²) in [6, 6.07) is -0.931. The molecule has 0 radical (unpaired) electrons. The average Bonchev–Trinajstić information content (AvgIpc) is 2.47.